The number of aliphatic hydroxyl groups excluding tert-OH is 2. The smallest absolute Gasteiger partial charge is 0.273 e. The third kappa shape index (κ3) is 3.62. The number of halogens is 3. The molecule has 1 aromatic heterocycles. The first kappa shape index (κ1) is 22.6. The van der Waals surface area contributed by atoms with Crippen molar-refractivity contribution in [2.24, 2.45) is 5.41 Å². The largest absolute Gasteiger partial charge is 0.388 e. The summed E-state index contributed by atoms with van der Waals surface area (Å²) >= 11 is 0. The summed E-state index contributed by atoms with van der Waals surface area (Å²) in [5.41, 5.74) is 6.15. The van der Waals surface area contributed by atoms with Crippen molar-refractivity contribution < 1.29 is 23.4 Å². The SMILES string of the molecule is CC1c2cc(C(F)C(F)F)ccc2[C@@H](O)c2c1nc1c(c2C2=CCCC2)[C@@H](O)CC(C)(C)C1. The first-order valence-corrected chi connectivity index (χ1v) is 11.8. The van der Waals surface area contributed by atoms with Gasteiger partial charge in [0.15, 0.2) is 6.17 Å². The van der Waals surface area contributed by atoms with E-state index in [1.54, 1.807) is 6.07 Å². The van der Waals surface area contributed by atoms with Crippen LogP contribution < -0.4 is 0 Å². The highest BCUT2D eigenvalue weighted by Gasteiger charge is 2.41. The van der Waals surface area contributed by atoms with Crippen molar-refractivity contribution >= 4 is 5.57 Å². The molecule has 0 fully saturated rings. The average Bonchev–Trinajstić information content (AvgIpc) is 3.29. The number of pyridine rings is 1. The molecule has 4 atom stereocenters. The average molecular weight is 458 g/mol. The molecule has 0 saturated heterocycles. The maximum atomic E-state index is 14.1. The van der Waals surface area contributed by atoms with Crippen LogP contribution in [0.25, 0.3) is 5.57 Å². The Morgan fingerprint density at radius 1 is 1.09 bits per heavy atom. The molecule has 0 saturated carbocycles. The van der Waals surface area contributed by atoms with Crippen molar-refractivity contribution in [3.8, 4) is 0 Å². The van der Waals surface area contributed by atoms with E-state index in [9.17, 15) is 23.4 Å². The van der Waals surface area contributed by atoms with E-state index in [-0.39, 0.29) is 16.9 Å². The van der Waals surface area contributed by atoms with Gasteiger partial charge in [-0.15, -0.1) is 0 Å². The van der Waals surface area contributed by atoms with Crippen molar-refractivity contribution in [1.82, 2.24) is 4.98 Å². The molecule has 0 amide bonds. The summed E-state index contributed by atoms with van der Waals surface area (Å²) in [7, 11) is 0. The third-order valence-corrected chi connectivity index (χ3v) is 7.56. The van der Waals surface area contributed by atoms with E-state index in [0.29, 0.717) is 35.2 Å². The summed E-state index contributed by atoms with van der Waals surface area (Å²) < 4.78 is 40.1. The molecule has 0 spiro atoms. The Bertz CT molecular complexity index is 1140. The number of aromatic nitrogens is 1. The number of nitrogens with zero attached hydrogens (tertiary/aromatic N) is 1. The molecule has 2 aromatic rings. The molecular weight excluding hydrogens is 427 g/mol. The molecule has 0 bridgehead atoms. The zero-order valence-corrected chi connectivity index (χ0v) is 19.2. The predicted molar refractivity (Wildman–Crippen MR) is 121 cm³/mol. The molecule has 3 aliphatic rings. The van der Waals surface area contributed by atoms with Gasteiger partial charge < -0.3 is 10.2 Å². The highest BCUT2D eigenvalue weighted by molar-refractivity contribution is 5.76. The lowest BCUT2D eigenvalue weighted by Gasteiger charge is -2.39. The first-order chi connectivity index (χ1) is 15.6. The van der Waals surface area contributed by atoms with E-state index in [0.717, 1.165) is 41.7 Å². The normalized spacial score (nSPS) is 26.5. The van der Waals surface area contributed by atoms with Crippen molar-refractivity contribution in [1.29, 1.82) is 0 Å². The van der Waals surface area contributed by atoms with Gasteiger partial charge in [-0.25, -0.2) is 13.2 Å². The summed E-state index contributed by atoms with van der Waals surface area (Å²) in [6.45, 7) is 6.15. The number of benzene rings is 1. The Kier molecular flexibility index (Phi) is 5.44. The number of allylic oxidation sites excluding steroid dienone is 2. The quantitative estimate of drug-likeness (QED) is 0.555. The van der Waals surface area contributed by atoms with E-state index in [4.69, 9.17) is 4.98 Å². The lowest BCUT2D eigenvalue weighted by Crippen LogP contribution is -2.31. The standard InChI is InChI=1S/C27H30F3NO2/c1-13-17-10-15(23(28)26(29)30)8-9-16(17)25(33)22-20(14-6-4-5-7-14)21-18(31-24(13)22)11-27(2,3)12-19(21)32/h6,8-10,13,19,23,25-26,32-33H,4-5,7,11-12H2,1-3H3/t13?,19-,23?,25+/m0/s1. The van der Waals surface area contributed by atoms with Crippen LogP contribution in [-0.2, 0) is 6.42 Å². The number of hydrogen-bond acceptors (Lipinski definition) is 3. The summed E-state index contributed by atoms with van der Waals surface area (Å²) in [5.74, 6) is -0.295. The lowest BCUT2D eigenvalue weighted by molar-refractivity contribution is 0.0495. The van der Waals surface area contributed by atoms with Crippen molar-refractivity contribution in [3.63, 3.8) is 0 Å². The van der Waals surface area contributed by atoms with Gasteiger partial charge in [0, 0.05) is 22.7 Å². The van der Waals surface area contributed by atoms with Crippen LogP contribution in [0.3, 0.4) is 0 Å². The molecule has 176 valence electrons. The predicted octanol–water partition coefficient (Wildman–Crippen LogP) is 6.48. The van der Waals surface area contributed by atoms with Gasteiger partial charge >= 0.3 is 0 Å². The summed E-state index contributed by atoms with van der Waals surface area (Å²) in [4.78, 5) is 4.98. The molecule has 2 N–H and O–H groups in total. The van der Waals surface area contributed by atoms with Crippen LogP contribution in [0, 0.1) is 5.41 Å². The zero-order chi connectivity index (χ0) is 23.7. The van der Waals surface area contributed by atoms with E-state index in [1.165, 1.54) is 12.1 Å². The lowest BCUT2D eigenvalue weighted by atomic mass is 9.69. The van der Waals surface area contributed by atoms with Crippen LogP contribution in [-0.4, -0.2) is 21.6 Å². The summed E-state index contributed by atoms with van der Waals surface area (Å²) in [5, 5.41) is 22.7. The number of hydrogen-bond donors (Lipinski definition) is 2. The van der Waals surface area contributed by atoms with Crippen LogP contribution in [0.4, 0.5) is 13.2 Å². The Labute approximate surface area is 192 Å². The van der Waals surface area contributed by atoms with Crippen LogP contribution in [0.5, 0.6) is 0 Å². The van der Waals surface area contributed by atoms with Gasteiger partial charge in [0.2, 0.25) is 0 Å². The molecular formula is C27H30F3NO2. The molecule has 33 heavy (non-hydrogen) atoms. The van der Waals surface area contributed by atoms with Gasteiger partial charge in [-0.05, 0) is 65.3 Å². The van der Waals surface area contributed by atoms with Crippen LogP contribution >= 0.6 is 0 Å². The number of aliphatic hydroxyl groups is 2. The number of rotatable bonds is 3. The second-order valence-electron chi connectivity index (χ2n) is 10.6. The topological polar surface area (TPSA) is 53.4 Å². The van der Waals surface area contributed by atoms with Gasteiger partial charge in [-0.3, -0.25) is 4.98 Å². The molecule has 3 aliphatic carbocycles. The highest BCUT2D eigenvalue weighted by Crippen LogP contribution is 2.51. The Morgan fingerprint density at radius 2 is 1.85 bits per heavy atom. The monoisotopic (exact) mass is 457 g/mol. The fourth-order valence-electron chi connectivity index (χ4n) is 6.02. The minimum atomic E-state index is -3.10. The molecule has 6 heteroatoms. The van der Waals surface area contributed by atoms with Gasteiger partial charge in [0.25, 0.3) is 6.43 Å². The van der Waals surface area contributed by atoms with Gasteiger partial charge in [-0.2, -0.15) is 0 Å². The Morgan fingerprint density at radius 3 is 2.52 bits per heavy atom. The number of alkyl halides is 3. The third-order valence-electron chi connectivity index (χ3n) is 7.56. The maximum absolute atomic E-state index is 14.1. The Hall–Kier alpha value is -2.18. The first-order valence-electron chi connectivity index (χ1n) is 11.8. The van der Waals surface area contributed by atoms with E-state index in [2.05, 4.69) is 19.9 Å². The molecule has 2 unspecified atom stereocenters. The van der Waals surface area contributed by atoms with E-state index in [1.807, 2.05) is 6.92 Å². The van der Waals surface area contributed by atoms with Crippen LogP contribution in [0.2, 0.25) is 0 Å². The fraction of sp³-hybridized carbons (Fsp3) is 0.519. The summed E-state index contributed by atoms with van der Waals surface area (Å²) in [6.07, 6.45) is -0.762. The molecule has 1 aromatic carbocycles. The highest BCUT2D eigenvalue weighted by atomic mass is 19.3. The van der Waals surface area contributed by atoms with Crippen LogP contribution in [0.15, 0.2) is 24.3 Å². The summed E-state index contributed by atoms with van der Waals surface area (Å²) in [6, 6.07) is 4.36. The molecule has 0 aliphatic heterocycles. The molecule has 0 radical (unpaired) electrons. The van der Waals surface area contributed by atoms with E-state index < -0.39 is 24.8 Å². The van der Waals surface area contributed by atoms with E-state index >= 15 is 0 Å². The second-order valence-corrected chi connectivity index (χ2v) is 10.6. The number of fused-ring (bicyclic) bond motifs is 3. The fourth-order valence-corrected chi connectivity index (χ4v) is 6.02. The van der Waals surface area contributed by atoms with Crippen molar-refractivity contribution in [2.75, 3.05) is 0 Å². The van der Waals surface area contributed by atoms with Gasteiger partial charge in [-0.1, -0.05) is 45.0 Å². The molecule has 1 heterocycles. The zero-order valence-electron chi connectivity index (χ0n) is 19.2. The van der Waals surface area contributed by atoms with Crippen LogP contribution in [0.1, 0.15) is 116 Å². The molecule has 5 rings (SSSR count). The van der Waals surface area contributed by atoms with Crippen molar-refractivity contribution in [3.05, 3.63) is 69.0 Å². The van der Waals surface area contributed by atoms with Gasteiger partial charge in [0.1, 0.15) is 6.10 Å². The second kappa shape index (κ2) is 7.95. The Balaban J connectivity index is 1.74. The minimum Gasteiger partial charge on any atom is -0.388 e. The van der Waals surface area contributed by atoms with Crippen molar-refractivity contribution in [2.45, 2.75) is 83.6 Å². The maximum Gasteiger partial charge on any atom is 0.273 e. The van der Waals surface area contributed by atoms with Gasteiger partial charge in [0.05, 0.1) is 11.8 Å². The molecule has 3 nitrogen and oxygen atoms in total. The minimum absolute atomic E-state index is 0.0838.